The molecule has 0 aliphatic heterocycles. The molecule has 1 aliphatic rings. The molecule has 0 atom stereocenters. The normalized spacial score (nSPS) is 17.2. The molecule has 1 aliphatic carbocycles. The third-order valence-corrected chi connectivity index (χ3v) is 4.29. The van der Waals surface area contributed by atoms with Crippen molar-refractivity contribution in [2.45, 2.75) is 57.9 Å². The largest absolute Gasteiger partial charge is 0.368 e. The van der Waals surface area contributed by atoms with E-state index in [2.05, 4.69) is 36.1 Å². The van der Waals surface area contributed by atoms with Crippen LogP contribution in [0.25, 0.3) is 0 Å². The van der Waals surface area contributed by atoms with Gasteiger partial charge in [-0.3, -0.25) is 0 Å². The zero-order valence-electron chi connectivity index (χ0n) is 12.3. The molecule has 0 spiro atoms. The second-order valence-corrected chi connectivity index (χ2v) is 5.77. The predicted molar refractivity (Wildman–Crippen MR) is 83.7 cm³/mol. The van der Waals surface area contributed by atoms with E-state index in [4.69, 9.17) is 5.73 Å². The van der Waals surface area contributed by atoms with Gasteiger partial charge in [-0.2, -0.15) is 0 Å². The van der Waals surface area contributed by atoms with E-state index >= 15 is 0 Å². The number of anilines is 1. The molecule has 1 aromatic rings. The third kappa shape index (κ3) is 3.97. The van der Waals surface area contributed by atoms with Crippen molar-refractivity contribution < 1.29 is 0 Å². The number of nitrogens with zero attached hydrogens (tertiary/aromatic N) is 1. The Morgan fingerprint density at radius 3 is 2.42 bits per heavy atom. The molecular formula is C17H28N2. The van der Waals surface area contributed by atoms with Gasteiger partial charge in [0.05, 0.1) is 0 Å². The molecule has 2 N–H and O–H groups in total. The summed E-state index contributed by atoms with van der Waals surface area (Å²) in [6.45, 7) is 4.11. The van der Waals surface area contributed by atoms with Gasteiger partial charge in [-0.1, -0.05) is 43.9 Å². The van der Waals surface area contributed by atoms with Crippen molar-refractivity contribution >= 4 is 5.69 Å². The number of hydrogen-bond acceptors (Lipinski definition) is 2. The molecule has 0 heterocycles. The van der Waals surface area contributed by atoms with Crippen molar-refractivity contribution in [2.24, 2.45) is 5.73 Å². The summed E-state index contributed by atoms with van der Waals surface area (Å²) in [4.78, 5) is 2.63. The van der Waals surface area contributed by atoms with E-state index in [1.165, 1.54) is 49.8 Å². The lowest BCUT2D eigenvalue weighted by Crippen LogP contribution is -2.37. The Bertz CT molecular complexity index is 367. The Labute approximate surface area is 118 Å². The molecule has 2 rings (SSSR count). The summed E-state index contributed by atoms with van der Waals surface area (Å²) >= 11 is 0. The van der Waals surface area contributed by atoms with Crippen molar-refractivity contribution in [2.75, 3.05) is 18.0 Å². The van der Waals surface area contributed by atoms with Crippen LogP contribution in [0.4, 0.5) is 5.69 Å². The maximum atomic E-state index is 5.73. The molecule has 0 bridgehead atoms. The van der Waals surface area contributed by atoms with E-state index in [-0.39, 0.29) is 0 Å². The number of aryl methyl sites for hydroxylation is 1. The second-order valence-electron chi connectivity index (χ2n) is 5.77. The Balaban J connectivity index is 2.16. The summed E-state index contributed by atoms with van der Waals surface area (Å²) in [5, 5.41) is 0. The molecule has 0 aromatic heterocycles. The first-order valence-electron chi connectivity index (χ1n) is 7.85. The topological polar surface area (TPSA) is 29.3 Å². The Morgan fingerprint density at radius 1 is 1.11 bits per heavy atom. The van der Waals surface area contributed by atoms with E-state index in [1.54, 1.807) is 0 Å². The molecule has 19 heavy (non-hydrogen) atoms. The highest BCUT2D eigenvalue weighted by molar-refractivity contribution is 5.53. The summed E-state index contributed by atoms with van der Waals surface area (Å²) in [7, 11) is 0. The SMILES string of the molecule is Cc1ccccc1N(CCCN)C1CCCCCC1. The number of para-hydroxylation sites is 1. The van der Waals surface area contributed by atoms with Crippen molar-refractivity contribution in [1.82, 2.24) is 0 Å². The van der Waals surface area contributed by atoms with E-state index in [0.717, 1.165) is 25.6 Å². The first-order valence-corrected chi connectivity index (χ1v) is 7.85. The predicted octanol–water partition coefficient (Wildman–Crippen LogP) is 3.87. The van der Waals surface area contributed by atoms with Gasteiger partial charge in [0.2, 0.25) is 0 Å². The molecule has 2 nitrogen and oxygen atoms in total. The average molecular weight is 260 g/mol. The van der Waals surface area contributed by atoms with Gasteiger partial charge < -0.3 is 10.6 Å². The quantitative estimate of drug-likeness (QED) is 0.814. The van der Waals surface area contributed by atoms with Gasteiger partial charge >= 0.3 is 0 Å². The van der Waals surface area contributed by atoms with Gasteiger partial charge in [-0.25, -0.2) is 0 Å². The molecule has 0 saturated heterocycles. The number of benzene rings is 1. The second kappa shape index (κ2) is 7.54. The fraction of sp³-hybridized carbons (Fsp3) is 0.647. The van der Waals surface area contributed by atoms with Crippen molar-refractivity contribution in [1.29, 1.82) is 0 Å². The van der Waals surface area contributed by atoms with Crippen LogP contribution in [-0.4, -0.2) is 19.1 Å². The van der Waals surface area contributed by atoms with E-state index in [1.807, 2.05) is 0 Å². The summed E-state index contributed by atoms with van der Waals surface area (Å²) < 4.78 is 0. The van der Waals surface area contributed by atoms with Gasteiger partial charge in [0, 0.05) is 18.3 Å². The molecule has 2 heteroatoms. The highest BCUT2D eigenvalue weighted by Crippen LogP contribution is 2.28. The van der Waals surface area contributed by atoms with Crippen LogP contribution in [0.3, 0.4) is 0 Å². The smallest absolute Gasteiger partial charge is 0.0398 e. The average Bonchev–Trinajstić information content (AvgIpc) is 2.70. The van der Waals surface area contributed by atoms with Crippen molar-refractivity contribution in [3.8, 4) is 0 Å². The molecule has 1 fully saturated rings. The van der Waals surface area contributed by atoms with Crippen molar-refractivity contribution in [3.05, 3.63) is 29.8 Å². The Hall–Kier alpha value is -1.02. The van der Waals surface area contributed by atoms with Crippen molar-refractivity contribution in [3.63, 3.8) is 0 Å². The number of hydrogen-bond donors (Lipinski definition) is 1. The van der Waals surface area contributed by atoms with Gasteiger partial charge in [0.15, 0.2) is 0 Å². The lowest BCUT2D eigenvalue weighted by atomic mass is 10.0. The van der Waals surface area contributed by atoms with Gasteiger partial charge in [0.25, 0.3) is 0 Å². The van der Waals surface area contributed by atoms with Gasteiger partial charge in [-0.15, -0.1) is 0 Å². The number of rotatable bonds is 5. The fourth-order valence-electron chi connectivity index (χ4n) is 3.22. The molecule has 0 unspecified atom stereocenters. The Morgan fingerprint density at radius 2 is 1.79 bits per heavy atom. The van der Waals surface area contributed by atoms with E-state index in [9.17, 15) is 0 Å². The van der Waals surface area contributed by atoms with Gasteiger partial charge in [0.1, 0.15) is 0 Å². The first-order chi connectivity index (χ1) is 9.33. The highest BCUT2D eigenvalue weighted by atomic mass is 15.2. The highest BCUT2D eigenvalue weighted by Gasteiger charge is 2.20. The minimum Gasteiger partial charge on any atom is -0.368 e. The maximum Gasteiger partial charge on any atom is 0.0398 e. The zero-order chi connectivity index (χ0) is 13.5. The van der Waals surface area contributed by atoms with Crippen LogP contribution in [0.15, 0.2) is 24.3 Å². The van der Waals surface area contributed by atoms with Crippen LogP contribution in [0.5, 0.6) is 0 Å². The molecular weight excluding hydrogens is 232 g/mol. The molecule has 0 amide bonds. The monoisotopic (exact) mass is 260 g/mol. The minimum absolute atomic E-state index is 0.718. The van der Waals surface area contributed by atoms with Crippen LogP contribution >= 0.6 is 0 Å². The summed E-state index contributed by atoms with van der Waals surface area (Å²) in [6, 6.07) is 9.51. The summed E-state index contributed by atoms with van der Waals surface area (Å²) in [5.74, 6) is 0. The van der Waals surface area contributed by atoms with Crippen LogP contribution < -0.4 is 10.6 Å². The van der Waals surface area contributed by atoms with Crippen LogP contribution in [0.2, 0.25) is 0 Å². The summed E-state index contributed by atoms with van der Waals surface area (Å²) in [5.41, 5.74) is 8.54. The van der Waals surface area contributed by atoms with E-state index in [0.29, 0.717) is 0 Å². The van der Waals surface area contributed by atoms with Crippen LogP contribution in [0, 0.1) is 6.92 Å². The lowest BCUT2D eigenvalue weighted by Gasteiger charge is -2.34. The molecule has 0 radical (unpaired) electrons. The Kier molecular flexibility index (Phi) is 5.71. The maximum absolute atomic E-state index is 5.73. The van der Waals surface area contributed by atoms with Crippen LogP contribution in [-0.2, 0) is 0 Å². The standard InChI is InChI=1S/C17H28N2/c1-15-9-6-7-12-17(15)19(14-8-13-18)16-10-4-2-3-5-11-16/h6-7,9,12,16H,2-5,8,10-11,13-14,18H2,1H3. The third-order valence-electron chi connectivity index (χ3n) is 4.29. The van der Waals surface area contributed by atoms with Gasteiger partial charge in [-0.05, 0) is 44.4 Å². The molecule has 1 saturated carbocycles. The lowest BCUT2D eigenvalue weighted by molar-refractivity contribution is 0.518. The fourth-order valence-corrected chi connectivity index (χ4v) is 3.22. The first kappa shape index (κ1) is 14.4. The number of nitrogens with two attached hydrogens (primary N) is 1. The molecule has 106 valence electrons. The van der Waals surface area contributed by atoms with E-state index < -0.39 is 0 Å². The zero-order valence-corrected chi connectivity index (χ0v) is 12.3. The molecule has 1 aromatic carbocycles. The van der Waals surface area contributed by atoms with Crippen LogP contribution in [0.1, 0.15) is 50.5 Å². The minimum atomic E-state index is 0.718. The summed E-state index contributed by atoms with van der Waals surface area (Å²) in [6.07, 6.45) is 9.37.